The molecule has 0 aliphatic heterocycles. The number of hydrogen-bond acceptors (Lipinski definition) is 3. The number of alkyl halides is 3. The lowest BCUT2D eigenvalue weighted by Crippen LogP contribution is -2.07. The average Bonchev–Trinajstić information content (AvgIpc) is 2.69. The number of hydrogen-bond donors (Lipinski definition) is 0. The van der Waals surface area contributed by atoms with Crippen LogP contribution in [-0.4, -0.2) is 14.7 Å². The summed E-state index contributed by atoms with van der Waals surface area (Å²) in [5, 5.41) is 14.0. The highest BCUT2D eigenvalue weighted by atomic mass is 35.5. The molecular formula is C11H7ClF3N3O2. The minimum atomic E-state index is -4.44. The van der Waals surface area contributed by atoms with E-state index in [0.29, 0.717) is 5.56 Å². The van der Waals surface area contributed by atoms with Gasteiger partial charge in [0.1, 0.15) is 0 Å². The van der Waals surface area contributed by atoms with Gasteiger partial charge in [-0.2, -0.15) is 17.9 Å². The molecule has 5 nitrogen and oxygen atoms in total. The van der Waals surface area contributed by atoms with Crippen molar-refractivity contribution in [3.05, 3.63) is 56.7 Å². The van der Waals surface area contributed by atoms with Crippen LogP contribution in [0.25, 0.3) is 0 Å². The van der Waals surface area contributed by atoms with Gasteiger partial charge in [0.05, 0.1) is 23.4 Å². The van der Waals surface area contributed by atoms with Gasteiger partial charge in [-0.1, -0.05) is 23.7 Å². The molecule has 9 heteroatoms. The van der Waals surface area contributed by atoms with Gasteiger partial charge in [0, 0.05) is 0 Å². The highest BCUT2D eigenvalue weighted by Gasteiger charge is 2.30. The fourth-order valence-electron chi connectivity index (χ4n) is 1.62. The quantitative estimate of drug-likeness (QED) is 0.644. The molecule has 0 aliphatic rings. The van der Waals surface area contributed by atoms with E-state index in [9.17, 15) is 23.3 Å². The molecule has 0 saturated heterocycles. The molecule has 20 heavy (non-hydrogen) atoms. The van der Waals surface area contributed by atoms with Crippen molar-refractivity contribution in [2.45, 2.75) is 12.7 Å². The van der Waals surface area contributed by atoms with Crippen molar-refractivity contribution >= 4 is 17.4 Å². The van der Waals surface area contributed by atoms with Gasteiger partial charge in [0.25, 0.3) is 0 Å². The molecule has 106 valence electrons. The molecule has 0 amide bonds. The van der Waals surface area contributed by atoms with Crippen molar-refractivity contribution in [3.63, 3.8) is 0 Å². The second-order valence-corrected chi connectivity index (χ2v) is 4.36. The number of rotatable bonds is 3. The molecule has 0 spiro atoms. The Kier molecular flexibility index (Phi) is 3.67. The number of halogens is 4. The van der Waals surface area contributed by atoms with Crippen molar-refractivity contribution in [2.24, 2.45) is 0 Å². The van der Waals surface area contributed by atoms with Crippen molar-refractivity contribution in [2.75, 3.05) is 0 Å². The summed E-state index contributed by atoms with van der Waals surface area (Å²) in [6, 6.07) is 4.64. The maximum Gasteiger partial charge on any atom is 0.416 e. The number of aromatic nitrogens is 2. The van der Waals surface area contributed by atoms with Crippen molar-refractivity contribution in [1.29, 1.82) is 0 Å². The van der Waals surface area contributed by atoms with Gasteiger partial charge < -0.3 is 10.1 Å². The topological polar surface area (TPSA) is 61.0 Å². The zero-order valence-corrected chi connectivity index (χ0v) is 10.5. The van der Waals surface area contributed by atoms with Crippen LogP contribution in [0.15, 0.2) is 30.5 Å². The van der Waals surface area contributed by atoms with Crippen LogP contribution in [0.4, 0.5) is 19.0 Å². The van der Waals surface area contributed by atoms with Gasteiger partial charge in [-0.15, -0.1) is 0 Å². The molecule has 0 saturated carbocycles. The zero-order chi connectivity index (χ0) is 14.9. The van der Waals surface area contributed by atoms with Gasteiger partial charge >= 0.3 is 12.0 Å². The first kappa shape index (κ1) is 14.3. The Labute approximate surface area is 115 Å². The highest BCUT2D eigenvalue weighted by molar-refractivity contribution is 6.32. The molecule has 0 aliphatic carbocycles. The molecule has 0 radical (unpaired) electrons. The Hall–Kier alpha value is -2.09. The Morgan fingerprint density at radius 1 is 1.40 bits per heavy atom. The minimum absolute atomic E-state index is 0.0442. The molecular weight excluding hydrogens is 299 g/mol. The monoisotopic (exact) mass is 305 g/mol. The summed E-state index contributed by atoms with van der Waals surface area (Å²) in [5.74, 6) is -0.529. The second-order valence-electron chi connectivity index (χ2n) is 3.95. The average molecular weight is 306 g/mol. The lowest BCUT2D eigenvalue weighted by molar-refractivity contribution is -0.389. The first-order valence-electron chi connectivity index (χ1n) is 5.31. The van der Waals surface area contributed by atoms with E-state index in [-0.39, 0.29) is 11.6 Å². The van der Waals surface area contributed by atoms with Gasteiger partial charge in [-0.25, -0.2) is 0 Å². The van der Waals surface area contributed by atoms with Crippen molar-refractivity contribution in [1.82, 2.24) is 9.78 Å². The van der Waals surface area contributed by atoms with Crippen LogP contribution in [-0.2, 0) is 12.7 Å². The Morgan fingerprint density at radius 2 is 2.10 bits per heavy atom. The third kappa shape index (κ3) is 3.08. The van der Waals surface area contributed by atoms with E-state index in [2.05, 4.69) is 5.10 Å². The summed E-state index contributed by atoms with van der Waals surface area (Å²) in [7, 11) is 0. The molecule has 1 heterocycles. The molecule has 0 bridgehead atoms. The third-order valence-electron chi connectivity index (χ3n) is 2.47. The normalized spacial score (nSPS) is 11.6. The van der Waals surface area contributed by atoms with E-state index in [1.165, 1.54) is 18.3 Å². The summed E-state index contributed by atoms with van der Waals surface area (Å²) >= 11 is 5.61. The SMILES string of the molecule is O=[N+]([O-])c1nn(Cc2cccc(C(F)(F)F)c2)cc1Cl. The number of nitro groups is 1. The summed E-state index contributed by atoms with van der Waals surface area (Å²) < 4.78 is 38.8. The zero-order valence-electron chi connectivity index (χ0n) is 9.76. The predicted octanol–water partition coefficient (Wildman–Crippen LogP) is 3.51. The van der Waals surface area contributed by atoms with Crippen LogP contribution in [0.1, 0.15) is 11.1 Å². The molecule has 2 rings (SSSR count). The van der Waals surface area contributed by atoms with E-state index in [4.69, 9.17) is 11.6 Å². The van der Waals surface area contributed by atoms with E-state index in [1.807, 2.05) is 0 Å². The second kappa shape index (κ2) is 5.12. The van der Waals surface area contributed by atoms with E-state index < -0.39 is 22.5 Å². The van der Waals surface area contributed by atoms with E-state index in [1.54, 1.807) is 0 Å². The maximum absolute atomic E-state index is 12.5. The first-order valence-corrected chi connectivity index (χ1v) is 5.68. The van der Waals surface area contributed by atoms with E-state index >= 15 is 0 Å². The Balaban J connectivity index is 2.26. The van der Waals surface area contributed by atoms with Crippen LogP contribution in [0.5, 0.6) is 0 Å². The summed E-state index contributed by atoms with van der Waals surface area (Å²) in [6.07, 6.45) is -3.25. The largest absolute Gasteiger partial charge is 0.416 e. The number of nitrogens with zero attached hydrogens (tertiary/aromatic N) is 3. The maximum atomic E-state index is 12.5. The Morgan fingerprint density at radius 3 is 2.65 bits per heavy atom. The first-order chi connectivity index (χ1) is 9.27. The minimum Gasteiger partial charge on any atom is -0.358 e. The molecule has 1 aromatic carbocycles. The van der Waals surface area contributed by atoms with Crippen molar-refractivity contribution < 1.29 is 18.1 Å². The fraction of sp³-hybridized carbons (Fsp3) is 0.182. The summed E-state index contributed by atoms with van der Waals surface area (Å²) in [4.78, 5) is 9.81. The predicted molar refractivity (Wildman–Crippen MR) is 64.4 cm³/mol. The summed E-state index contributed by atoms with van der Waals surface area (Å²) in [6.45, 7) is -0.0442. The fourth-order valence-corrected chi connectivity index (χ4v) is 1.84. The van der Waals surface area contributed by atoms with Gasteiger partial charge in [-0.3, -0.25) is 0 Å². The highest BCUT2D eigenvalue weighted by Crippen LogP contribution is 2.30. The molecule has 0 atom stereocenters. The van der Waals surface area contributed by atoms with Crippen LogP contribution >= 0.6 is 11.6 Å². The van der Waals surface area contributed by atoms with Gasteiger partial charge in [0.15, 0.2) is 5.02 Å². The van der Waals surface area contributed by atoms with Crippen molar-refractivity contribution in [3.8, 4) is 0 Å². The lowest BCUT2D eigenvalue weighted by atomic mass is 10.1. The molecule has 0 unspecified atom stereocenters. The molecule has 1 aromatic heterocycles. The number of benzene rings is 1. The smallest absolute Gasteiger partial charge is 0.358 e. The summed E-state index contributed by atoms with van der Waals surface area (Å²) in [5.41, 5.74) is -0.475. The van der Waals surface area contributed by atoms with Gasteiger partial charge in [-0.05, 0) is 22.6 Å². The molecule has 0 fully saturated rings. The third-order valence-corrected chi connectivity index (χ3v) is 2.74. The van der Waals surface area contributed by atoms with Gasteiger partial charge in [0.2, 0.25) is 0 Å². The molecule has 2 aromatic rings. The van der Waals surface area contributed by atoms with Crippen LogP contribution < -0.4 is 0 Å². The van der Waals surface area contributed by atoms with Crippen LogP contribution in [0.3, 0.4) is 0 Å². The van der Waals surface area contributed by atoms with E-state index in [0.717, 1.165) is 16.8 Å². The van der Waals surface area contributed by atoms with Crippen LogP contribution in [0, 0.1) is 10.1 Å². The van der Waals surface area contributed by atoms with Crippen LogP contribution in [0.2, 0.25) is 5.02 Å². The Bertz CT molecular complexity index is 655. The molecule has 0 N–H and O–H groups in total. The lowest BCUT2D eigenvalue weighted by Gasteiger charge is -2.07. The standard InChI is InChI=1S/C11H7ClF3N3O2/c12-9-6-17(16-10(9)18(19)20)5-7-2-1-3-8(4-7)11(13,14)15/h1-4,6H,5H2.